The van der Waals surface area contributed by atoms with E-state index in [4.69, 9.17) is 11.6 Å². The summed E-state index contributed by atoms with van der Waals surface area (Å²) >= 11 is 7.54. The van der Waals surface area contributed by atoms with E-state index in [0.717, 1.165) is 12.1 Å². The molecule has 0 spiro atoms. The van der Waals surface area contributed by atoms with Gasteiger partial charge in [-0.3, -0.25) is 9.69 Å². The predicted octanol–water partition coefficient (Wildman–Crippen LogP) is 3.71. The molecule has 1 atom stereocenters. The second kappa shape index (κ2) is 7.59. The summed E-state index contributed by atoms with van der Waals surface area (Å²) in [6.45, 7) is 3.14. The minimum atomic E-state index is -0.0238. The fourth-order valence-corrected chi connectivity index (χ4v) is 2.90. The Kier molecular flexibility index (Phi) is 5.79. The van der Waals surface area contributed by atoms with Crippen molar-refractivity contribution in [3.63, 3.8) is 0 Å². The van der Waals surface area contributed by atoms with Gasteiger partial charge in [0.15, 0.2) is 0 Å². The number of rotatable bonds is 6. The highest BCUT2D eigenvalue weighted by Gasteiger charge is 2.12. The topological polar surface area (TPSA) is 32.3 Å². The van der Waals surface area contributed by atoms with Gasteiger partial charge in [-0.1, -0.05) is 23.7 Å². The number of benzene rings is 1. The summed E-state index contributed by atoms with van der Waals surface area (Å²) in [5, 5.41) is 7.86. The fraction of sp³-hybridized carbons (Fsp3) is 0.312. The van der Waals surface area contributed by atoms with Crippen molar-refractivity contribution in [1.29, 1.82) is 0 Å². The molecule has 21 heavy (non-hydrogen) atoms. The molecule has 1 N–H and O–H groups in total. The lowest BCUT2D eigenvalue weighted by Gasteiger charge is -2.19. The summed E-state index contributed by atoms with van der Waals surface area (Å²) in [5.41, 5.74) is 2.29. The zero-order chi connectivity index (χ0) is 15.2. The van der Waals surface area contributed by atoms with Crippen molar-refractivity contribution in [3.8, 4) is 0 Å². The summed E-state index contributed by atoms with van der Waals surface area (Å²) in [7, 11) is 1.95. The Labute approximate surface area is 134 Å². The number of carbonyl (C=O) groups excluding carboxylic acids is 1. The lowest BCUT2D eigenvalue weighted by Crippen LogP contribution is -2.36. The Hall–Kier alpha value is -1.36. The van der Waals surface area contributed by atoms with Crippen LogP contribution in [0.25, 0.3) is 0 Å². The molecule has 0 aliphatic heterocycles. The second-order valence-corrected chi connectivity index (χ2v) is 6.36. The molecule has 5 heteroatoms. The summed E-state index contributed by atoms with van der Waals surface area (Å²) < 4.78 is 0. The van der Waals surface area contributed by atoms with Gasteiger partial charge in [-0.15, -0.1) is 0 Å². The predicted molar refractivity (Wildman–Crippen MR) is 88.7 cm³/mol. The molecule has 2 aromatic rings. The summed E-state index contributed by atoms with van der Waals surface area (Å²) in [4.78, 5) is 14.1. The highest BCUT2D eigenvalue weighted by Crippen LogP contribution is 2.16. The Morgan fingerprint density at radius 3 is 2.67 bits per heavy atom. The van der Waals surface area contributed by atoms with Crippen LogP contribution in [0.1, 0.15) is 24.1 Å². The van der Waals surface area contributed by atoms with Crippen LogP contribution in [0.4, 0.5) is 0 Å². The Bertz CT molecular complexity index is 568. The van der Waals surface area contributed by atoms with Crippen LogP contribution >= 0.6 is 22.9 Å². The first kappa shape index (κ1) is 16.0. The van der Waals surface area contributed by atoms with E-state index in [2.05, 4.69) is 16.8 Å². The Morgan fingerprint density at radius 1 is 1.33 bits per heavy atom. The van der Waals surface area contributed by atoms with E-state index in [0.29, 0.717) is 11.6 Å². The molecule has 2 rings (SSSR count). The number of thiophene rings is 1. The van der Waals surface area contributed by atoms with Crippen LogP contribution in [-0.4, -0.2) is 24.4 Å². The summed E-state index contributed by atoms with van der Waals surface area (Å²) in [6, 6.07) is 9.59. The normalized spacial score (nSPS) is 12.4. The van der Waals surface area contributed by atoms with Crippen LogP contribution in [0.5, 0.6) is 0 Å². The van der Waals surface area contributed by atoms with E-state index in [1.54, 1.807) is 11.3 Å². The highest BCUT2D eigenvalue weighted by atomic mass is 35.5. The molecule has 0 saturated carbocycles. The van der Waals surface area contributed by atoms with Gasteiger partial charge in [0.25, 0.3) is 0 Å². The molecule has 1 aromatic heterocycles. The van der Waals surface area contributed by atoms with Crippen LogP contribution < -0.4 is 5.32 Å². The van der Waals surface area contributed by atoms with Gasteiger partial charge in [0.2, 0.25) is 5.91 Å². The van der Waals surface area contributed by atoms with Gasteiger partial charge in [0, 0.05) is 11.6 Å². The molecule has 112 valence electrons. The third-order valence-electron chi connectivity index (χ3n) is 3.19. The Morgan fingerprint density at radius 2 is 2.05 bits per heavy atom. The number of nitrogens with one attached hydrogen (secondary N) is 1. The van der Waals surface area contributed by atoms with Crippen molar-refractivity contribution in [1.82, 2.24) is 10.2 Å². The standard InChI is InChI=1S/C16H19ClN2OS/c1-12(14-3-5-15(17)6-4-14)18-16(20)10-19(2)9-13-7-8-21-11-13/h3-8,11-12H,9-10H2,1-2H3,(H,18,20)/t12-/m1/s1. The zero-order valence-electron chi connectivity index (χ0n) is 12.2. The molecular weight excluding hydrogens is 304 g/mol. The largest absolute Gasteiger partial charge is 0.348 e. The minimum absolute atomic E-state index is 0.0233. The highest BCUT2D eigenvalue weighted by molar-refractivity contribution is 7.07. The van der Waals surface area contributed by atoms with Crippen LogP contribution in [0, 0.1) is 0 Å². The molecular formula is C16H19ClN2OS. The van der Waals surface area contributed by atoms with E-state index in [-0.39, 0.29) is 11.9 Å². The quantitative estimate of drug-likeness (QED) is 0.879. The van der Waals surface area contributed by atoms with Crippen LogP contribution in [0.15, 0.2) is 41.1 Å². The maximum absolute atomic E-state index is 12.1. The lowest BCUT2D eigenvalue weighted by molar-refractivity contribution is -0.122. The van der Waals surface area contributed by atoms with Crippen molar-refractivity contribution >= 4 is 28.8 Å². The van der Waals surface area contributed by atoms with Crippen molar-refractivity contribution in [2.45, 2.75) is 19.5 Å². The third-order valence-corrected chi connectivity index (χ3v) is 4.18. The maximum Gasteiger partial charge on any atom is 0.234 e. The molecule has 0 radical (unpaired) electrons. The number of nitrogens with zero attached hydrogens (tertiary/aromatic N) is 1. The summed E-state index contributed by atoms with van der Waals surface area (Å²) in [6.07, 6.45) is 0. The van der Waals surface area contributed by atoms with Gasteiger partial charge >= 0.3 is 0 Å². The number of amides is 1. The first-order valence-corrected chi connectivity index (χ1v) is 8.11. The van der Waals surface area contributed by atoms with Crippen LogP contribution in [-0.2, 0) is 11.3 Å². The molecule has 0 fully saturated rings. The van der Waals surface area contributed by atoms with E-state index in [9.17, 15) is 4.79 Å². The van der Waals surface area contributed by atoms with E-state index >= 15 is 0 Å². The van der Waals surface area contributed by atoms with Crippen molar-refractivity contribution < 1.29 is 4.79 Å². The zero-order valence-corrected chi connectivity index (χ0v) is 13.7. The average molecular weight is 323 g/mol. The average Bonchev–Trinajstić information content (AvgIpc) is 2.91. The SMILES string of the molecule is C[C@@H](NC(=O)CN(C)Cc1ccsc1)c1ccc(Cl)cc1. The monoisotopic (exact) mass is 322 g/mol. The van der Waals surface area contributed by atoms with Crippen molar-refractivity contribution in [3.05, 3.63) is 57.2 Å². The van der Waals surface area contributed by atoms with E-state index in [1.807, 2.05) is 48.5 Å². The maximum atomic E-state index is 12.1. The van der Waals surface area contributed by atoms with Gasteiger partial charge in [-0.05, 0) is 54.1 Å². The minimum Gasteiger partial charge on any atom is -0.348 e. The smallest absolute Gasteiger partial charge is 0.234 e. The number of likely N-dealkylation sites (N-methyl/N-ethyl adjacent to an activating group) is 1. The molecule has 3 nitrogen and oxygen atoms in total. The molecule has 0 aliphatic carbocycles. The number of hydrogen-bond donors (Lipinski definition) is 1. The lowest BCUT2D eigenvalue weighted by atomic mass is 10.1. The molecule has 0 bridgehead atoms. The first-order valence-electron chi connectivity index (χ1n) is 6.79. The van der Waals surface area contributed by atoms with Crippen LogP contribution in [0.3, 0.4) is 0 Å². The van der Waals surface area contributed by atoms with E-state index in [1.165, 1.54) is 5.56 Å². The van der Waals surface area contributed by atoms with Gasteiger partial charge in [0.1, 0.15) is 0 Å². The van der Waals surface area contributed by atoms with Gasteiger partial charge < -0.3 is 5.32 Å². The van der Waals surface area contributed by atoms with Crippen molar-refractivity contribution in [2.75, 3.05) is 13.6 Å². The molecule has 0 unspecified atom stereocenters. The molecule has 0 saturated heterocycles. The summed E-state index contributed by atoms with van der Waals surface area (Å²) in [5.74, 6) is 0.0233. The molecule has 0 aliphatic rings. The second-order valence-electron chi connectivity index (χ2n) is 5.14. The number of hydrogen-bond acceptors (Lipinski definition) is 3. The van der Waals surface area contributed by atoms with Gasteiger partial charge in [-0.2, -0.15) is 11.3 Å². The Balaban J connectivity index is 1.82. The molecule has 1 aromatic carbocycles. The molecule has 1 amide bonds. The van der Waals surface area contributed by atoms with Crippen molar-refractivity contribution in [2.24, 2.45) is 0 Å². The first-order chi connectivity index (χ1) is 10.0. The number of halogens is 1. The van der Waals surface area contributed by atoms with E-state index < -0.39 is 0 Å². The van der Waals surface area contributed by atoms with Crippen LogP contribution in [0.2, 0.25) is 5.02 Å². The number of carbonyl (C=O) groups is 1. The van der Waals surface area contributed by atoms with Gasteiger partial charge in [0.05, 0.1) is 12.6 Å². The fourth-order valence-electron chi connectivity index (χ4n) is 2.12. The third kappa shape index (κ3) is 5.16. The van der Waals surface area contributed by atoms with Gasteiger partial charge in [-0.25, -0.2) is 0 Å². The molecule has 1 heterocycles.